The molecule has 3 N–H and O–H groups in total. The summed E-state index contributed by atoms with van der Waals surface area (Å²) in [6.45, 7) is 0.105. The number of benzene rings is 1. The maximum absolute atomic E-state index is 11.8. The summed E-state index contributed by atoms with van der Waals surface area (Å²) in [6, 6.07) is 9.34. The van der Waals surface area contributed by atoms with E-state index in [1.807, 2.05) is 30.3 Å². The molecule has 0 radical (unpaired) electrons. The van der Waals surface area contributed by atoms with Gasteiger partial charge >= 0.3 is 5.97 Å². The summed E-state index contributed by atoms with van der Waals surface area (Å²) in [6.07, 6.45) is 1.87. The van der Waals surface area contributed by atoms with Crippen molar-refractivity contribution < 1.29 is 19.5 Å². The molecule has 0 aliphatic rings. The van der Waals surface area contributed by atoms with E-state index in [0.29, 0.717) is 5.69 Å². The molecule has 132 valence electrons. The highest BCUT2D eigenvalue weighted by molar-refractivity contribution is 5.80. The van der Waals surface area contributed by atoms with Crippen molar-refractivity contribution in [3.8, 4) is 0 Å². The van der Waals surface area contributed by atoms with Crippen LogP contribution in [-0.4, -0.2) is 44.4 Å². The molecular weight excluding hydrogens is 326 g/mol. The number of carbonyl (C=O) groups is 3. The zero-order valence-electron chi connectivity index (χ0n) is 13.5. The summed E-state index contributed by atoms with van der Waals surface area (Å²) in [4.78, 5) is 34.0. The normalized spacial score (nSPS) is 10.2. The first-order valence-electron chi connectivity index (χ1n) is 7.71. The summed E-state index contributed by atoms with van der Waals surface area (Å²) in [5.74, 6) is -1.41. The van der Waals surface area contributed by atoms with Crippen LogP contribution in [0.25, 0.3) is 0 Å². The molecule has 0 spiro atoms. The van der Waals surface area contributed by atoms with Crippen molar-refractivity contribution in [1.29, 1.82) is 0 Å². The summed E-state index contributed by atoms with van der Waals surface area (Å²) in [5, 5.41) is 21.4. The molecule has 2 amide bonds. The second-order valence-corrected chi connectivity index (χ2v) is 5.34. The van der Waals surface area contributed by atoms with Gasteiger partial charge in [-0.15, -0.1) is 5.10 Å². The summed E-state index contributed by atoms with van der Waals surface area (Å²) in [5.41, 5.74) is 1.37. The summed E-state index contributed by atoms with van der Waals surface area (Å²) < 4.78 is 1.17. The van der Waals surface area contributed by atoms with Gasteiger partial charge < -0.3 is 15.7 Å². The Morgan fingerprint density at radius 1 is 1.08 bits per heavy atom. The molecule has 1 aromatic heterocycles. The maximum Gasteiger partial charge on any atom is 0.325 e. The average Bonchev–Trinajstić information content (AvgIpc) is 3.00. The Morgan fingerprint density at radius 2 is 1.84 bits per heavy atom. The van der Waals surface area contributed by atoms with E-state index in [4.69, 9.17) is 5.11 Å². The smallest absolute Gasteiger partial charge is 0.325 e. The second kappa shape index (κ2) is 9.16. The van der Waals surface area contributed by atoms with Gasteiger partial charge in [-0.25, -0.2) is 4.68 Å². The molecule has 25 heavy (non-hydrogen) atoms. The van der Waals surface area contributed by atoms with Crippen LogP contribution < -0.4 is 10.6 Å². The van der Waals surface area contributed by atoms with Gasteiger partial charge in [-0.1, -0.05) is 35.5 Å². The number of rotatable bonds is 9. The van der Waals surface area contributed by atoms with Crippen LogP contribution in [-0.2, 0) is 33.9 Å². The van der Waals surface area contributed by atoms with E-state index in [0.717, 1.165) is 5.56 Å². The summed E-state index contributed by atoms with van der Waals surface area (Å²) >= 11 is 0. The first-order valence-corrected chi connectivity index (χ1v) is 7.71. The molecule has 9 nitrogen and oxygen atoms in total. The quantitative estimate of drug-likeness (QED) is 0.574. The number of aliphatic carboxylic acids is 1. The van der Waals surface area contributed by atoms with Crippen LogP contribution in [0.3, 0.4) is 0 Å². The van der Waals surface area contributed by atoms with Gasteiger partial charge in [0.1, 0.15) is 12.2 Å². The lowest BCUT2D eigenvalue weighted by molar-refractivity contribution is -0.138. The van der Waals surface area contributed by atoms with Crippen LogP contribution in [0.1, 0.15) is 17.7 Å². The zero-order valence-corrected chi connectivity index (χ0v) is 13.5. The standard InChI is InChI=1S/C16H19N5O4/c22-14(18-9-13-10-21(20-19-13)11-16(24)25)6-7-17-15(23)8-12-4-2-1-3-5-12/h1-5,10H,6-9,11H2,(H,17,23)(H,18,22)(H,24,25). The number of hydrogen-bond acceptors (Lipinski definition) is 5. The minimum absolute atomic E-state index is 0.143. The van der Waals surface area contributed by atoms with Crippen molar-refractivity contribution in [1.82, 2.24) is 25.6 Å². The van der Waals surface area contributed by atoms with Crippen molar-refractivity contribution in [2.45, 2.75) is 25.9 Å². The number of nitrogens with zero attached hydrogens (tertiary/aromatic N) is 3. The molecule has 1 heterocycles. The molecule has 0 saturated heterocycles. The van der Waals surface area contributed by atoms with Gasteiger partial charge in [-0.05, 0) is 5.56 Å². The van der Waals surface area contributed by atoms with E-state index in [1.165, 1.54) is 10.9 Å². The third-order valence-corrected chi connectivity index (χ3v) is 3.23. The lowest BCUT2D eigenvalue weighted by Crippen LogP contribution is -2.31. The lowest BCUT2D eigenvalue weighted by atomic mass is 10.1. The SMILES string of the molecule is O=C(O)Cn1cc(CNC(=O)CCNC(=O)Cc2ccccc2)nn1. The molecule has 0 bridgehead atoms. The van der Waals surface area contributed by atoms with E-state index >= 15 is 0 Å². The number of aromatic nitrogens is 3. The van der Waals surface area contributed by atoms with E-state index in [-0.39, 0.29) is 44.3 Å². The van der Waals surface area contributed by atoms with Crippen LogP contribution in [0, 0.1) is 0 Å². The number of nitrogens with one attached hydrogen (secondary N) is 2. The van der Waals surface area contributed by atoms with Crippen molar-refractivity contribution in [2.75, 3.05) is 6.54 Å². The van der Waals surface area contributed by atoms with Gasteiger partial charge in [0.05, 0.1) is 19.2 Å². The lowest BCUT2D eigenvalue weighted by Gasteiger charge is -2.06. The van der Waals surface area contributed by atoms with E-state index in [1.54, 1.807) is 0 Å². The Balaban J connectivity index is 1.63. The Bertz CT molecular complexity index is 729. The fraction of sp³-hybridized carbons (Fsp3) is 0.312. The zero-order chi connectivity index (χ0) is 18.1. The Kier molecular flexibility index (Phi) is 6.64. The van der Waals surface area contributed by atoms with E-state index in [2.05, 4.69) is 20.9 Å². The minimum Gasteiger partial charge on any atom is -0.480 e. The predicted octanol–water partition coefficient (Wildman–Crippen LogP) is -0.272. The Labute approximate surface area is 144 Å². The highest BCUT2D eigenvalue weighted by Gasteiger charge is 2.07. The molecule has 0 saturated carbocycles. The molecule has 0 fully saturated rings. The number of carboxylic acids is 1. The van der Waals surface area contributed by atoms with Crippen LogP contribution in [0.2, 0.25) is 0 Å². The molecule has 9 heteroatoms. The minimum atomic E-state index is -1.02. The maximum atomic E-state index is 11.8. The first-order chi connectivity index (χ1) is 12.0. The van der Waals surface area contributed by atoms with Crippen LogP contribution in [0.4, 0.5) is 0 Å². The Hall–Kier alpha value is -3.23. The number of carboxylic acid groups (broad SMARTS) is 1. The molecular formula is C16H19N5O4. The third kappa shape index (κ3) is 6.81. The van der Waals surface area contributed by atoms with Crippen LogP contribution in [0.5, 0.6) is 0 Å². The highest BCUT2D eigenvalue weighted by Crippen LogP contribution is 1.99. The van der Waals surface area contributed by atoms with Crippen LogP contribution >= 0.6 is 0 Å². The molecule has 0 unspecified atom stereocenters. The monoisotopic (exact) mass is 345 g/mol. The fourth-order valence-corrected chi connectivity index (χ4v) is 2.07. The average molecular weight is 345 g/mol. The molecule has 0 aliphatic carbocycles. The van der Waals surface area contributed by atoms with Crippen LogP contribution in [0.15, 0.2) is 36.5 Å². The molecule has 1 aromatic carbocycles. The summed E-state index contributed by atoms with van der Waals surface area (Å²) in [7, 11) is 0. The topological polar surface area (TPSA) is 126 Å². The van der Waals surface area contributed by atoms with E-state index in [9.17, 15) is 14.4 Å². The van der Waals surface area contributed by atoms with Gasteiger partial charge in [-0.3, -0.25) is 14.4 Å². The predicted molar refractivity (Wildman–Crippen MR) is 87.3 cm³/mol. The van der Waals surface area contributed by atoms with Gasteiger partial charge in [0.2, 0.25) is 11.8 Å². The van der Waals surface area contributed by atoms with Gasteiger partial charge in [0.15, 0.2) is 0 Å². The first kappa shape index (κ1) is 18.1. The van der Waals surface area contributed by atoms with Gasteiger partial charge in [0.25, 0.3) is 0 Å². The van der Waals surface area contributed by atoms with Gasteiger partial charge in [-0.2, -0.15) is 0 Å². The second-order valence-electron chi connectivity index (χ2n) is 5.34. The third-order valence-electron chi connectivity index (χ3n) is 3.23. The molecule has 2 rings (SSSR count). The van der Waals surface area contributed by atoms with Crippen molar-refractivity contribution >= 4 is 17.8 Å². The number of hydrogen-bond donors (Lipinski definition) is 3. The number of carbonyl (C=O) groups excluding carboxylic acids is 2. The molecule has 0 atom stereocenters. The van der Waals surface area contributed by atoms with Crippen molar-refractivity contribution in [3.63, 3.8) is 0 Å². The highest BCUT2D eigenvalue weighted by atomic mass is 16.4. The number of amides is 2. The van der Waals surface area contributed by atoms with Crippen molar-refractivity contribution in [2.24, 2.45) is 0 Å². The largest absolute Gasteiger partial charge is 0.480 e. The van der Waals surface area contributed by atoms with Crippen molar-refractivity contribution in [3.05, 3.63) is 47.8 Å². The fourth-order valence-electron chi connectivity index (χ4n) is 2.07. The van der Waals surface area contributed by atoms with E-state index < -0.39 is 5.97 Å². The molecule has 2 aromatic rings. The Morgan fingerprint density at radius 3 is 2.56 bits per heavy atom. The van der Waals surface area contributed by atoms with Gasteiger partial charge in [0, 0.05) is 13.0 Å². The molecule has 0 aliphatic heterocycles.